The molecule has 1 atom stereocenters. The Kier molecular flexibility index (Phi) is 3.55. The van der Waals surface area contributed by atoms with Crippen LogP contribution in [0, 0.1) is 0 Å². The summed E-state index contributed by atoms with van der Waals surface area (Å²) in [7, 11) is 0. The minimum atomic E-state index is -1.30. The summed E-state index contributed by atoms with van der Waals surface area (Å²) in [6.45, 7) is -0.204. The van der Waals surface area contributed by atoms with Crippen molar-refractivity contribution >= 4 is 18.6 Å². The van der Waals surface area contributed by atoms with Crippen LogP contribution in [0.2, 0.25) is 0 Å². The molecule has 1 aromatic carbocycles. The third kappa shape index (κ3) is 2.08. The number of aliphatic carboxylic acids is 1. The van der Waals surface area contributed by atoms with Gasteiger partial charge in [-0.15, -0.1) is 0 Å². The predicted molar refractivity (Wildman–Crippen MR) is 56.4 cm³/mol. The van der Waals surface area contributed by atoms with Crippen LogP contribution < -0.4 is 0 Å². The van der Waals surface area contributed by atoms with Gasteiger partial charge in [0, 0.05) is 6.61 Å². The van der Waals surface area contributed by atoms with Gasteiger partial charge in [0.25, 0.3) is 0 Å². The highest BCUT2D eigenvalue weighted by Gasteiger charge is 2.35. The lowest BCUT2D eigenvalue weighted by atomic mass is 9.95. The number of carboxylic acids is 1. The summed E-state index contributed by atoms with van der Waals surface area (Å²) in [5, 5.41) is 17.8. The van der Waals surface area contributed by atoms with E-state index in [1.807, 2.05) is 0 Å². The molecule has 1 aromatic rings. The lowest BCUT2D eigenvalue weighted by Gasteiger charge is -2.23. The molecule has 0 radical (unpaired) electrons. The second-order valence-corrected chi connectivity index (χ2v) is 3.77. The van der Waals surface area contributed by atoms with Crippen molar-refractivity contribution in [3.8, 4) is 0 Å². The first-order chi connectivity index (χ1) is 6.61. The van der Waals surface area contributed by atoms with E-state index in [4.69, 9.17) is 10.2 Å². The molecule has 4 heteroatoms. The number of hydrogen-bond acceptors (Lipinski definition) is 3. The third-order valence-electron chi connectivity index (χ3n) is 2.08. The van der Waals surface area contributed by atoms with E-state index in [0.29, 0.717) is 5.56 Å². The van der Waals surface area contributed by atoms with Crippen LogP contribution in [0.15, 0.2) is 30.3 Å². The molecule has 1 rings (SSSR count). The predicted octanol–water partition coefficient (Wildman–Crippen LogP) is 1.28. The van der Waals surface area contributed by atoms with Crippen LogP contribution in [0.5, 0.6) is 0 Å². The van der Waals surface area contributed by atoms with Crippen molar-refractivity contribution in [2.45, 2.75) is 11.2 Å². The zero-order valence-corrected chi connectivity index (χ0v) is 8.45. The minimum absolute atomic E-state index is 0.0927. The van der Waals surface area contributed by atoms with Crippen LogP contribution in [0.25, 0.3) is 0 Å². The Morgan fingerprint density at radius 2 is 1.93 bits per heavy atom. The summed E-state index contributed by atoms with van der Waals surface area (Å²) >= 11 is 4.12. The lowest BCUT2D eigenvalue weighted by molar-refractivity contribution is -0.140. The summed E-state index contributed by atoms with van der Waals surface area (Å²) in [5.74, 6) is -1.04. The molecule has 0 aromatic heterocycles. The van der Waals surface area contributed by atoms with Crippen molar-refractivity contribution in [1.29, 1.82) is 0 Å². The lowest BCUT2D eigenvalue weighted by Crippen LogP contribution is -2.30. The standard InChI is InChI=1S/C10H12O3S/c11-7-6-10(14,9(12)13)8-4-2-1-3-5-8/h1-5,11,14H,6-7H2,(H,12,13). The SMILES string of the molecule is O=C(O)C(S)(CCO)c1ccccc1. The largest absolute Gasteiger partial charge is 0.480 e. The van der Waals surface area contributed by atoms with Crippen LogP contribution in [-0.4, -0.2) is 22.8 Å². The second kappa shape index (κ2) is 4.48. The van der Waals surface area contributed by atoms with Gasteiger partial charge in [-0.2, -0.15) is 12.6 Å². The van der Waals surface area contributed by atoms with Crippen molar-refractivity contribution < 1.29 is 15.0 Å². The Morgan fingerprint density at radius 1 is 1.36 bits per heavy atom. The minimum Gasteiger partial charge on any atom is -0.480 e. The van der Waals surface area contributed by atoms with Crippen molar-refractivity contribution in [2.24, 2.45) is 0 Å². The highest BCUT2D eigenvalue weighted by molar-refractivity contribution is 7.82. The van der Waals surface area contributed by atoms with E-state index in [9.17, 15) is 4.79 Å². The molecule has 0 amide bonds. The maximum Gasteiger partial charge on any atom is 0.324 e. The van der Waals surface area contributed by atoms with Gasteiger partial charge >= 0.3 is 5.97 Å². The molecule has 0 aliphatic rings. The summed E-state index contributed by atoms with van der Waals surface area (Å²) in [6, 6.07) is 8.69. The Balaban J connectivity index is 3.06. The van der Waals surface area contributed by atoms with Gasteiger partial charge in [0.1, 0.15) is 4.75 Å². The summed E-state index contributed by atoms with van der Waals surface area (Å²) in [4.78, 5) is 11.0. The number of thiol groups is 1. The summed E-state index contributed by atoms with van der Waals surface area (Å²) < 4.78 is -1.30. The maximum absolute atomic E-state index is 11.0. The van der Waals surface area contributed by atoms with Crippen LogP contribution in [0.4, 0.5) is 0 Å². The van der Waals surface area contributed by atoms with Gasteiger partial charge in [-0.1, -0.05) is 30.3 Å². The van der Waals surface area contributed by atoms with Crippen LogP contribution in [-0.2, 0) is 9.54 Å². The van der Waals surface area contributed by atoms with E-state index < -0.39 is 10.7 Å². The molecule has 14 heavy (non-hydrogen) atoms. The molecule has 3 nitrogen and oxygen atoms in total. The molecule has 0 saturated carbocycles. The van der Waals surface area contributed by atoms with Gasteiger partial charge in [-0.05, 0) is 12.0 Å². The normalized spacial score (nSPS) is 14.7. The molecule has 0 saturated heterocycles. The fourth-order valence-electron chi connectivity index (χ4n) is 1.25. The smallest absolute Gasteiger partial charge is 0.324 e. The van der Waals surface area contributed by atoms with Gasteiger partial charge in [0.2, 0.25) is 0 Å². The van der Waals surface area contributed by atoms with Gasteiger partial charge in [0.15, 0.2) is 0 Å². The van der Waals surface area contributed by atoms with E-state index in [2.05, 4.69) is 12.6 Å². The quantitative estimate of drug-likeness (QED) is 0.659. The molecule has 0 aliphatic carbocycles. The third-order valence-corrected chi connectivity index (χ3v) is 2.75. The second-order valence-electron chi connectivity index (χ2n) is 3.01. The van der Waals surface area contributed by atoms with Crippen LogP contribution in [0.3, 0.4) is 0 Å². The first kappa shape index (κ1) is 11.1. The molecule has 2 N–H and O–H groups in total. The Morgan fingerprint density at radius 3 is 2.36 bits per heavy atom. The molecule has 0 fully saturated rings. The molecule has 0 aliphatic heterocycles. The summed E-state index contributed by atoms with van der Waals surface area (Å²) in [5.41, 5.74) is 0.588. The van der Waals surface area contributed by atoms with Gasteiger partial charge in [-0.25, -0.2) is 0 Å². The van der Waals surface area contributed by atoms with Crippen molar-refractivity contribution in [2.75, 3.05) is 6.61 Å². The van der Waals surface area contributed by atoms with Gasteiger partial charge < -0.3 is 10.2 Å². The van der Waals surface area contributed by atoms with Gasteiger partial charge in [0.05, 0.1) is 0 Å². The van der Waals surface area contributed by atoms with E-state index in [0.717, 1.165) is 0 Å². The van der Waals surface area contributed by atoms with Crippen LogP contribution >= 0.6 is 12.6 Å². The first-order valence-corrected chi connectivity index (χ1v) is 4.68. The van der Waals surface area contributed by atoms with Crippen molar-refractivity contribution in [1.82, 2.24) is 0 Å². The average molecular weight is 212 g/mol. The Bertz CT molecular complexity index is 312. The number of carboxylic acid groups (broad SMARTS) is 1. The molecular formula is C10H12O3S. The highest BCUT2D eigenvalue weighted by atomic mass is 32.1. The monoisotopic (exact) mass is 212 g/mol. The molecular weight excluding hydrogens is 200 g/mol. The molecule has 0 heterocycles. The zero-order valence-electron chi connectivity index (χ0n) is 7.55. The van der Waals surface area contributed by atoms with Crippen molar-refractivity contribution in [3.63, 3.8) is 0 Å². The van der Waals surface area contributed by atoms with E-state index in [1.54, 1.807) is 30.3 Å². The topological polar surface area (TPSA) is 57.5 Å². The van der Waals surface area contributed by atoms with E-state index in [1.165, 1.54) is 0 Å². The highest BCUT2D eigenvalue weighted by Crippen LogP contribution is 2.32. The number of aliphatic hydroxyl groups is 1. The Hall–Kier alpha value is -1.00. The van der Waals surface area contributed by atoms with E-state index >= 15 is 0 Å². The maximum atomic E-state index is 11.0. The zero-order chi connectivity index (χ0) is 10.6. The number of hydrogen-bond donors (Lipinski definition) is 3. The van der Waals surface area contributed by atoms with Crippen molar-refractivity contribution in [3.05, 3.63) is 35.9 Å². The average Bonchev–Trinajstić information content (AvgIpc) is 2.19. The number of carbonyl (C=O) groups is 1. The Labute approximate surface area is 87.8 Å². The van der Waals surface area contributed by atoms with E-state index in [-0.39, 0.29) is 13.0 Å². The first-order valence-electron chi connectivity index (χ1n) is 4.23. The number of benzene rings is 1. The number of rotatable bonds is 4. The fraction of sp³-hybridized carbons (Fsp3) is 0.300. The number of aliphatic hydroxyl groups excluding tert-OH is 1. The molecule has 76 valence electrons. The van der Waals surface area contributed by atoms with Gasteiger partial charge in [-0.3, -0.25) is 4.79 Å². The summed E-state index contributed by atoms with van der Waals surface area (Å²) in [6.07, 6.45) is 0.0927. The fourth-order valence-corrected chi connectivity index (χ4v) is 1.50. The molecule has 0 bridgehead atoms. The molecule has 1 unspecified atom stereocenters. The van der Waals surface area contributed by atoms with Crippen LogP contribution in [0.1, 0.15) is 12.0 Å². The molecule has 0 spiro atoms.